The number of carbonyl (C=O) groups is 1. The van der Waals surface area contributed by atoms with E-state index in [1.807, 2.05) is 60.4 Å². The Kier molecular flexibility index (Phi) is 5.53. The molecule has 4 nitrogen and oxygen atoms in total. The third-order valence-corrected chi connectivity index (χ3v) is 4.42. The van der Waals surface area contributed by atoms with Gasteiger partial charge in [-0.05, 0) is 36.8 Å². The molecule has 1 unspecified atom stereocenters. The second-order valence-corrected chi connectivity index (χ2v) is 6.76. The zero-order valence-electron chi connectivity index (χ0n) is 13.6. The minimum Gasteiger partial charge on any atom is -0.488 e. The van der Waals surface area contributed by atoms with Crippen LogP contribution >= 0.6 is 15.9 Å². The molecule has 3 rings (SSSR count). The summed E-state index contributed by atoms with van der Waals surface area (Å²) >= 11 is 3.46. The molecule has 2 aromatic carbocycles. The van der Waals surface area contributed by atoms with Crippen LogP contribution in [0.4, 0.5) is 0 Å². The number of ether oxygens (including phenoxy) is 2. The van der Waals surface area contributed by atoms with Gasteiger partial charge >= 0.3 is 0 Å². The van der Waals surface area contributed by atoms with Gasteiger partial charge in [0.25, 0.3) is 5.91 Å². The molecule has 1 aliphatic heterocycles. The monoisotopic (exact) mass is 389 g/mol. The van der Waals surface area contributed by atoms with Crippen molar-refractivity contribution in [1.29, 1.82) is 0 Å². The van der Waals surface area contributed by atoms with Crippen molar-refractivity contribution in [1.82, 2.24) is 4.90 Å². The summed E-state index contributed by atoms with van der Waals surface area (Å²) in [5.41, 5.74) is 1.65. The Labute approximate surface area is 150 Å². The molecular weight excluding hydrogens is 370 g/mol. The van der Waals surface area contributed by atoms with Gasteiger partial charge in [-0.3, -0.25) is 4.79 Å². The molecule has 0 aliphatic carbocycles. The lowest BCUT2D eigenvalue weighted by molar-refractivity contribution is -0.0125. The van der Waals surface area contributed by atoms with E-state index in [1.54, 1.807) is 0 Å². The predicted octanol–water partition coefficient (Wildman–Crippen LogP) is 3.89. The highest BCUT2D eigenvalue weighted by molar-refractivity contribution is 9.10. The van der Waals surface area contributed by atoms with Crippen LogP contribution in [-0.2, 0) is 11.3 Å². The highest BCUT2D eigenvalue weighted by Crippen LogP contribution is 2.23. The summed E-state index contributed by atoms with van der Waals surface area (Å²) in [5.74, 6) is 0.608. The Morgan fingerprint density at radius 2 is 2.12 bits per heavy atom. The van der Waals surface area contributed by atoms with Gasteiger partial charge in [0.2, 0.25) is 0 Å². The number of halogens is 1. The van der Waals surface area contributed by atoms with Crippen LogP contribution in [0.1, 0.15) is 22.8 Å². The first-order valence-electron chi connectivity index (χ1n) is 8.00. The summed E-state index contributed by atoms with van der Waals surface area (Å²) in [5, 5.41) is 0. The van der Waals surface area contributed by atoms with Gasteiger partial charge in [0.05, 0.1) is 18.3 Å². The van der Waals surface area contributed by atoms with Gasteiger partial charge in [-0.15, -0.1) is 0 Å². The average Bonchev–Trinajstić information content (AvgIpc) is 2.60. The summed E-state index contributed by atoms with van der Waals surface area (Å²) in [6.45, 7) is 4.20. The Balaban J connectivity index is 1.74. The maximum atomic E-state index is 12.8. The number of hydrogen-bond donors (Lipinski definition) is 0. The predicted molar refractivity (Wildman–Crippen MR) is 96.2 cm³/mol. The molecule has 5 heteroatoms. The Bertz CT molecular complexity index is 719. The van der Waals surface area contributed by atoms with E-state index >= 15 is 0 Å². The van der Waals surface area contributed by atoms with Gasteiger partial charge in [-0.25, -0.2) is 0 Å². The van der Waals surface area contributed by atoms with E-state index in [1.165, 1.54) is 0 Å². The first kappa shape index (κ1) is 17.0. The van der Waals surface area contributed by atoms with E-state index in [0.717, 1.165) is 10.0 Å². The minimum absolute atomic E-state index is 0.00464. The molecule has 1 fully saturated rings. The van der Waals surface area contributed by atoms with E-state index < -0.39 is 0 Å². The molecule has 0 bridgehead atoms. The van der Waals surface area contributed by atoms with Crippen LogP contribution in [0.15, 0.2) is 53.0 Å². The average molecular weight is 390 g/mol. The number of hydrogen-bond acceptors (Lipinski definition) is 3. The van der Waals surface area contributed by atoms with Crippen LogP contribution in [0.25, 0.3) is 0 Å². The van der Waals surface area contributed by atoms with Crippen LogP contribution < -0.4 is 4.74 Å². The van der Waals surface area contributed by atoms with Gasteiger partial charge in [-0.2, -0.15) is 0 Å². The maximum absolute atomic E-state index is 12.8. The molecule has 0 radical (unpaired) electrons. The Morgan fingerprint density at radius 3 is 2.92 bits per heavy atom. The van der Waals surface area contributed by atoms with E-state index in [0.29, 0.717) is 37.6 Å². The molecule has 0 spiro atoms. The molecule has 1 amide bonds. The molecule has 126 valence electrons. The first-order valence-corrected chi connectivity index (χ1v) is 8.80. The third-order valence-electron chi connectivity index (χ3n) is 3.93. The van der Waals surface area contributed by atoms with Crippen LogP contribution in [0.5, 0.6) is 5.75 Å². The standard InChI is InChI=1S/C19H20BrNO3/c1-14-12-21(9-10-23-14)19(22)17-7-2-3-8-18(17)24-13-15-5-4-6-16(20)11-15/h2-8,11,14H,9-10,12-13H2,1H3. The van der Waals surface area contributed by atoms with Gasteiger partial charge in [-0.1, -0.05) is 40.2 Å². The number of para-hydroxylation sites is 1. The van der Waals surface area contributed by atoms with Gasteiger partial charge in [0.15, 0.2) is 0 Å². The fourth-order valence-electron chi connectivity index (χ4n) is 2.73. The Morgan fingerprint density at radius 1 is 1.29 bits per heavy atom. The lowest BCUT2D eigenvalue weighted by Crippen LogP contribution is -2.44. The maximum Gasteiger partial charge on any atom is 0.257 e. The normalized spacial score (nSPS) is 17.6. The van der Waals surface area contributed by atoms with Gasteiger partial charge in [0, 0.05) is 17.6 Å². The van der Waals surface area contributed by atoms with Crippen LogP contribution in [0, 0.1) is 0 Å². The molecule has 1 aliphatic rings. The van der Waals surface area contributed by atoms with Gasteiger partial charge in [0.1, 0.15) is 12.4 Å². The molecule has 0 N–H and O–H groups in total. The molecule has 0 aromatic heterocycles. The lowest BCUT2D eigenvalue weighted by atomic mass is 10.1. The van der Waals surface area contributed by atoms with Crippen molar-refractivity contribution >= 4 is 21.8 Å². The molecular formula is C19H20BrNO3. The minimum atomic E-state index is -0.00464. The van der Waals surface area contributed by atoms with E-state index in [2.05, 4.69) is 15.9 Å². The zero-order valence-corrected chi connectivity index (χ0v) is 15.2. The fraction of sp³-hybridized carbons (Fsp3) is 0.316. The molecule has 1 saturated heterocycles. The summed E-state index contributed by atoms with van der Waals surface area (Å²) < 4.78 is 12.4. The highest BCUT2D eigenvalue weighted by atomic mass is 79.9. The third kappa shape index (κ3) is 4.16. The second-order valence-electron chi connectivity index (χ2n) is 5.85. The molecule has 0 saturated carbocycles. The van der Waals surface area contributed by atoms with Crippen molar-refractivity contribution in [2.24, 2.45) is 0 Å². The number of rotatable bonds is 4. The molecule has 1 atom stereocenters. The van der Waals surface area contributed by atoms with E-state index in [9.17, 15) is 4.79 Å². The fourth-order valence-corrected chi connectivity index (χ4v) is 3.18. The van der Waals surface area contributed by atoms with Crippen molar-refractivity contribution in [3.63, 3.8) is 0 Å². The van der Waals surface area contributed by atoms with E-state index in [4.69, 9.17) is 9.47 Å². The van der Waals surface area contributed by atoms with Crippen LogP contribution in [-0.4, -0.2) is 36.6 Å². The van der Waals surface area contributed by atoms with Crippen molar-refractivity contribution in [3.8, 4) is 5.75 Å². The van der Waals surface area contributed by atoms with Crippen molar-refractivity contribution in [2.75, 3.05) is 19.7 Å². The number of nitrogens with zero attached hydrogens (tertiary/aromatic N) is 1. The smallest absolute Gasteiger partial charge is 0.257 e. The Hall–Kier alpha value is -1.85. The summed E-state index contributed by atoms with van der Waals surface area (Å²) in [4.78, 5) is 14.6. The summed E-state index contributed by atoms with van der Waals surface area (Å²) in [7, 11) is 0. The quantitative estimate of drug-likeness (QED) is 0.795. The molecule has 1 heterocycles. The summed E-state index contributed by atoms with van der Waals surface area (Å²) in [6, 6.07) is 15.4. The van der Waals surface area contributed by atoms with E-state index in [-0.39, 0.29) is 12.0 Å². The highest BCUT2D eigenvalue weighted by Gasteiger charge is 2.24. The largest absolute Gasteiger partial charge is 0.488 e. The van der Waals surface area contributed by atoms with Crippen molar-refractivity contribution in [3.05, 3.63) is 64.1 Å². The first-order chi connectivity index (χ1) is 11.6. The topological polar surface area (TPSA) is 38.8 Å². The van der Waals surface area contributed by atoms with Crippen molar-refractivity contribution < 1.29 is 14.3 Å². The lowest BCUT2D eigenvalue weighted by Gasteiger charge is -2.31. The summed E-state index contributed by atoms with van der Waals surface area (Å²) in [6.07, 6.45) is 0.0671. The number of benzene rings is 2. The molecule has 24 heavy (non-hydrogen) atoms. The van der Waals surface area contributed by atoms with Crippen molar-refractivity contribution in [2.45, 2.75) is 19.6 Å². The number of carbonyl (C=O) groups excluding carboxylic acids is 1. The second kappa shape index (κ2) is 7.81. The van der Waals surface area contributed by atoms with Crippen LogP contribution in [0.2, 0.25) is 0 Å². The zero-order chi connectivity index (χ0) is 16.9. The SMILES string of the molecule is CC1CN(C(=O)c2ccccc2OCc2cccc(Br)c2)CCO1. The number of morpholine rings is 1. The number of amides is 1. The van der Waals surface area contributed by atoms with Crippen LogP contribution in [0.3, 0.4) is 0 Å². The van der Waals surface area contributed by atoms with Gasteiger partial charge < -0.3 is 14.4 Å². The molecule has 2 aromatic rings.